The van der Waals surface area contributed by atoms with E-state index >= 15 is 0 Å². The van der Waals surface area contributed by atoms with Crippen molar-refractivity contribution in [3.63, 3.8) is 0 Å². The third kappa shape index (κ3) is 3.55. The van der Waals surface area contributed by atoms with Gasteiger partial charge in [-0.2, -0.15) is 0 Å². The number of phenols is 1. The molecule has 1 aromatic heterocycles. The summed E-state index contributed by atoms with van der Waals surface area (Å²) in [5.41, 5.74) is 4.68. The van der Waals surface area contributed by atoms with Gasteiger partial charge in [-0.1, -0.05) is 35.9 Å². The highest BCUT2D eigenvalue weighted by atomic mass is 32.1. The molecule has 0 saturated carbocycles. The van der Waals surface area contributed by atoms with Crippen molar-refractivity contribution in [1.29, 1.82) is 0 Å². The zero-order chi connectivity index (χ0) is 17.2. The molecule has 2 heterocycles. The third-order valence-electron chi connectivity index (χ3n) is 4.49. The van der Waals surface area contributed by atoms with Crippen LogP contribution in [0.2, 0.25) is 0 Å². The van der Waals surface area contributed by atoms with Crippen LogP contribution in [0.5, 0.6) is 11.5 Å². The summed E-state index contributed by atoms with van der Waals surface area (Å²) in [6.45, 7) is 5.21. The second kappa shape index (κ2) is 6.90. The van der Waals surface area contributed by atoms with Gasteiger partial charge in [0.1, 0.15) is 6.61 Å². The molecular weight excluding hydrogens is 330 g/mol. The average molecular weight is 351 g/mol. The maximum Gasteiger partial charge on any atom is 0.165 e. The second-order valence-corrected chi connectivity index (χ2v) is 7.46. The number of aryl methyl sites for hydroxylation is 1. The van der Waals surface area contributed by atoms with Crippen molar-refractivity contribution in [3.8, 4) is 21.9 Å². The van der Waals surface area contributed by atoms with Crippen LogP contribution in [0.15, 0.2) is 53.9 Å². The monoisotopic (exact) mass is 351 g/mol. The number of benzene rings is 2. The van der Waals surface area contributed by atoms with Crippen molar-refractivity contribution >= 4 is 11.3 Å². The van der Waals surface area contributed by atoms with E-state index in [1.807, 2.05) is 6.07 Å². The zero-order valence-electron chi connectivity index (χ0n) is 14.2. The Balaban J connectivity index is 1.63. The number of phenolic OH excluding ortho intramolecular Hbond substituents is 1. The van der Waals surface area contributed by atoms with Gasteiger partial charge >= 0.3 is 0 Å². The first-order valence-corrected chi connectivity index (χ1v) is 9.37. The largest absolute Gasteiger partial charge is 0.504 e. The Labute approximate surface area is 152 Å². The van der Waals surface area contributed by atoms with Gasteiger partial charge in [0.25, 0.3) is 0 Å². The fraction of sp³-hybridized carbons (Fsp3) is 0.238. The molecule has 1 N–H and O–H groups in total. The second-order valence-electron chi connectivity index (χ2n) is 6.51. The minimum atomic E-state index is 0.235. The molecule has 0 amide bonds. The lowest BCUT2D eigenvalue weighted by Gasteiger charge is -2.20. The molecule has 0 bridgehead atoms. The number of aromatic hydroxyl groups is 1. The topological polar surface area (TPSA) is 32.7 Å². The molecule has 0 saturated heterocycles. The van der Waals surface area contributed by atoms with Crippen molar-refractivity contribution in [2.75, 3.05) is 13.2 Å². The van der Waals surface area contributed by atoms with Crippen molar-refractivity contribution in [2.24, 2.45) is 0 Å². The number of rotatable bonds is 3. The van der Waals surface area contributed by atoms with Gasteiger partial charge in [0, 0.05) is 30.1 Å². The van der Waals surface area contributed by atoms with E-state index in [4.69, 9.17) is 4.74 Å². The van der Waals surface area contributed by atoms with Gasteiger partial charge in [-0.15, -0.1) is 11.3 Å². The van der Waals surface area contributed by atoms with E-state index in [9.17, 15) is 5.11 Å². The van der Waals surface area contributed by atoms with Crippen LogP contribution in [0.25, 0.3) is 10.4 Å². The average Bonchev–Trinajstić information content (AvgIpc) is 3.04. The first kappa shape index (κ1) is 16.2. The van der Waals surface area contributed by atoms with Gasteiger partial charge in [-0.25, -0.2) is 0 Å². The molecule has 1 aliphatic heterocycles. The van der Waals surface area contributed by atoms with Crippen LogP contribution in [0.4, 0.5) is 0 Å². The molecule has 4 rings (SSSR count). The summed E-state index contributed by atoms with van der Waals surface area (Å²) < 4.78 is 5.85. The number of thiophene rings is 1. The van der Waals surface area contributed by atoms with Gasteiger partial charge in [-0.05, 0) is 41.6 Å². The van der Waals surface area contributed by atoms with Gasteiger partial charge in [0.15, 0.2) is 11.5 Å². The van der Waals surface area contributed by atoms with Crippen LogP contribution in [-0.4, -0.2) is 23.2 Å². The van der Waals surface area contributed by atoms with Gasteiger partial charge in [-0.3, -0.25) is 4.90 Å². The number of hydrogen-bond acceptors (Lipinski definition) is 4. The summed E-state index contributed by atoms with van der Waals surface area (Å²) in [4.78, 5) is 3.53. The SMILES string of the molecule is Cc1cccc(CN2CCOc3c(O)cc(-c4cccs4)cc3C2)c1. The number of nitrogens with zero attached hydrogens (tertiary/aromatic N) is 1. The normalized spacial score (nSPS) is 14.6. The highest BCUT2D eigenvalue weighted by Gasteiger charge is 2.20. The molecule has 4 heteroatoms. The summed E-state index contributed by atoms with van der Waals surface area (Å²) in [7, 11) is 0. The van der Waals surface area contributed by atoms with Gasteiger partial charge < -0.3 is 9.84 Å². The lowest BCUT2D eigenvalue weighted by Crippen LogP contribution is -2.25. The third-order valence-corrected chi connectivity index (χ3v) is 5.41. The Bertz CT molecular complexity index is 874. The van der Waals surface area contributed by atoms with E-state index in [-0.39, 0.29) is 5.75 Å². The van der Waals surface area contributed by atoms with Crippen LogP contribution in [0, 0.1) is 6.92 Å². The fourth-order valence-corrected chi connectivity index (χ4v) is 4.06. The molecule has 0 radical (unpaired) electrons. The number of ether oxygens (including phenoxy) is 1. The summed E-state index contributed by atoms with van der Waals surface area (Å²) in [6.07, 6.45) is 0. The summed E-state index contributed by atoms with van der Waals surface area (Å²) in [6, 6.07) is 16.7. The molecule has 1 aliphatic rings. The first-order valence-electron chi connectivity index (χ1n) is 8.49. The van der Waals surface area contributed by atoms with Crippen LogP contribution < -0.4 is 4.74 Å². The zero-order valence-corrected chi connectivity index (χ0v) is 15.1. The molecule has 0 fully saturated rings. The Morgan fingerprint density at radius 3 is 2.88 bits per heavy atom. The summed E-state index contributed by atoms with van der Waals surface area (Å²) in [5.74, 6) is 0.866. The van der Waals surface area contributed by atoms with Crippen molar-refractivity contribution in [3.05, 3.63) is 70.6 Å². The lowest BCUT2D eigenvalue weighted by atomic mass is 10.1. The molecule has 25 heavy (non-hydrogen) atoms. The maximum absolute atomic E-state index is 10.4. The maximum atomic E-state index is 10.4. The van der Waals surface area contributed by atoms with E-state index in [1.54, 1.807) is 17.4 Å². The molecular formula is C21H21NO2S. The Morgan fingerprint density at radius 1 is 1.16 bits per heavy atom. The molecule has 0 aliphatic carbocycles. The predicted octanol–water partition coefficient (Wildman–Crippen LogP) is 4.82. The van der Waals surface area contributed by atoms with Crippen molar-refractivity contribution in [1.82, 2.24) is 4.90 Å². The molecule has 0 atom stereocenters. The highest BCUT2D eigenvalue weighted by Crippen LogP contribution is 2.38. The fourth-order valence-electron chi connectivity index (χ4n) is 3.34. The Hall–Kier alpha value is -2.30. The van der Waals surface area contributed by atoms with Crippen LogP contribution in [-0.2, 0) is 13.1 Å². The van der Waals surface area contributed by atoms with Crippen LogP contribution in [0.1, 0.15) is 16.7 Å². The molecule has 3 nitrogen and oxygen atoms in total. The number of fused-ring (bicyclic) bond motifs is 1. The highest BCUT2D eigenvalue weighted by molar-refractivity contribution is 7.13. The van der Waals surface area contributed by atoms with E-state index in [0.717, 1.165) is 35.6 Å². The van der Waals surface area contributed by atoms with Crippen LogP contribution in [0.3, 0.4) is 0 Å². The summed E-state index contributed by atoms with van der Waals surface area (Å²) >= 11 is 1.68. The van der Waals surface area contributed by atoms with Crippen molar-refractivity contribution < 1.29 is 9.84 Å². The minimum absolute atomic E-state index is 0.235. The molecule has 128 valence electrons. The van der Waals surface area contributed by atoms with E-state index in [0.29, 0.717) is 12.4 Å². The quantitative estimate of drug-likeness (QED) is 0.734. The Morgan fingerprint density at radius 2 is 2.08 bits per heavy atom. The van der Waals surface area contributed by atoms with Gasteiger partial charge in [0.05, 0.1) is 0 Å². The Kier molecular flexibility index (Phi) is 4.47. The lowest BCUT2D eigenvalue weighted by molar-refractivity contribution is 0.217. The van der Waals surface area contributed by atoms with Crippen molar-refractivity contribution in [2.45, 2.75) is 20.0 Å². The van der Waals surface area contributed by atoms with E-state index in [1.165, 1.54) is 11.1 Å². The molecule has 0 spiro atoms. The molecule has 0 unspecified atom stereocenters. The molecule has 2 aromatic carbocycles. The molecule has 3 aromatic rings. The smallest absolute Gasteiger partial charge is 0.165 e. The van der Waals surface area contributed by atoms with Gasteiger partial charge in [0.2, 0.25) is 0 Å². The standard InChI is InChI=1S/C21H21NO2S/c1-15-4-2-5-16(10-15)13-22-7-8-24-21-18(14-22)11-17(12-19(21)23)20-6-3-9-25-20/h2-6,9-12,23H,7-8,13-14H2,1H3. The van der Waals surface area contributed by atoms with E-state index in [2.05, 4.69) is 53.6 Å². The predicted molar refractivity (Wildman–Crippen MR) is 102 cm³/mol. The first-order chi connectivity index (χ1) is 12.2. The van der Waals surface area contributed by atoms with E-state index < -0.39 is 0 Å². The summed E-state index contributed by atoms with van der Waals surface area (Å²) in [5, 5.41) is 12.5. The van der Waals surface area contributed by atoms with Crippen LogP contribution >= 0.6 is 11.3 Å². The minimum Gasteiger partial charge on any atom is -0.504 e. The number of hydrogen-bond donors (Lipinski definition) is 1.